The lowest BCUT2D eigenvalue weighted by molar-refractivity contribution is 0.381. The van der Waals surface area contributed by atoms with Gasteiger partial charge in [-0.1, -0.05) is 17.3 Å². The zero-order valence-corrected chi connectivity index (χ0v) is 17.7. The van der Waals surface area contributed by atoms with Crippen LogP contribution in [0, 0.1) is 6.92 Å². The molecular formula is C20H21N7O3S. The molecule has 1 aliphatic heterocycles. The van der Waals surface area contributed by atoms with Gasteiger partial charge in [-0.3, -0.25) is 0 Å². The highest BCUT2D eigenvalue weighted by Gasteiger charge is 2.29. The van der Waals surface area contributed by atoms with Crippen LogP contribution in [0.25, 0.3) is 16.8 Å². The molecule has 1 fully saturated rings. The lowest BCUT2D eigenvalue weighted by Gasteiger charge is -2.34. The fourth-order valence-corrected chi connectivity index (χ4v) is 5.11. The van der Waals surface area contributed by atoms with Crippen LogP contribution in [0.1, 0.15) is 11.4 Å². The third-order valence-corrected chi connectivity index (χ3v) is 7.11. The average Bonchev–Trinajstić information content (AvgIpc) is 3.40. The Morgan fingerprint density at radius 1 is 0.968 bits per heavy atom. The third kappa shape index (κ3) is 3.89. The van der Waals surface area contributed by atoms with Gasteiger partial charge in [0.25, 0.3) is 0 Å². The van der Waals surface area contributed by atoms with Crippen LogP contribution in [0.3, 0.4) is 0 Å². The van der Waals surface area contributed by atoms with Gasteiger partial charge in [-0.2, -0.15) is 9.40 Å². The lowest BCUT2D eigenvalue weighted by atomic mass is 10.2. The van der Waals surface area contributed by atoms with Crippen LogP contribution >= 0.6 is 0 Å². The van der Waals surface area contributed by atoms with E-state index in [9.17, 15) is 8.42 Å². The van der Waals surface area contributed by atoms with E-state index in [1.807, 2.05) is 54.4 Å². The second-order valence-electron chi connectivity index (χ2n) is 7.42. The first-order valence-corrected chi connectivity index (χ1v) is 11.5. The van der Waals surface area contributed by atoms with Crippen molar-refractivity contribution in [2.24, 2.45) is 0 Å². The molecular weight excluding hydrogens is 418 g/mol. The van der Waals surface area contributed by atoms with Crippen molar-refractivity contribution in [3.8, 4) is 5.82 Å². The summed E-state index contributed by atoms with van der Waals surface area (Å²) in [6.07, 6.45) is 1.83. The van der Waals surface area contributed by atoms with Crippen molar-refractivity contribution >= 4 is 26.8 Å². The van der Waals surface area contributed by atoms with Crippen LogP contribution in [0.15, 0.2) is 53.2 Å². The molecule has 10 nitrogen and oxygen atoms in total. The number of fused-ring (bicyclic) bond motifs is 1. The maximum atomic E-state index is 12.9. The summed E-state index contributed by atoms with van der Waals surface area (Å²) in [5.41, 5.74) is 1.93. The van der Waals surface area contributed by atoms with Crippen LogP contribution in [-0.2, 0) is 15.8 Å². The molecule has 0 amide bonds. The largest absolute Gasteiger partial charge is 0.356 e. The van der Waals surface area contributed by atoms with Crippen LogP contribution in [0.2, 0.25) is 0 Å². The molecule has 0 saturated carbocycles. The third-order valence-electron chi connectivity index (χ3n) is 5.32. The van der Waals surface area contributed by atoms with Gasteiger partial charge in [-0.25, -0.2) is 13.1 Å². The van der Waals surface area contributed by atoms with Gasteiger partial charge in [-0.05, 0) is 37.3 Å². The van der Waals surface area contributed by atoms with E-state index in [0.29, 0.717) is 49.1 Å². The Bertz CT molecular complexity index is 1310. The summed E-state index contributed by atoms with van der Waals surface area (Å²) in [5.74, 6) is 1.17. The number of para-hydroxylation sites is 1. The van der Waals surface area contributed by atoms with E-state index in [1.54, 1.807) is 10.7 Å². The van der Waals surface area contributed by atoms with Gasteiger partial charge in [0.05, 0.1) is 5.69 Å². The van der Waals surface area contributed by atoms with E-state index in [4.69, 9.17) is 4.52 Å². The number of rotatable bonds is 5. The minimum atomic E-state index is -3.51. The molecule has 0 N–H and O–H groups in total. The first-order chi connectivity index (χ1) is 15.0. The van der Waals surface area contributed by atoms with Gasteiger partial charge in [0, 0.05) is 37.8 Å². The minimum Gasteiger partial charge on any atom is -0.356 e. The summed E-state index contributed by atoms with van der Waals surface area (Å²) in [6, 6.07) is 12.9. The van der Waals surface area contributed by atoms with Crippen molar-refractivity contribution < 1.29 is 12.9 Å². The molecule has 1 aliphatic rings. The predicted molar refractivity (Wildman–Crippen MR) is 114 cm³/mol. The van der Waals surface area contributed by atoms with Crippen molar-refractivity contribution in [3.63, 3.8) is 0 Å². The number of aryl methyl sites for hydroxylation is 1. The predicted octanol–water partition coefficient (Wildman–Crippen LogP) is 1.76. The molecule has 160 valence electrons. The second-order valence-corrected chi connectivity index (χ2v) is 9.39. The molecule has 0 unspecified atom stereocenters. The zero-order chi connectivity index (χ0) is 21.4. The Morgan fingerprint density at radius 2 is 1.71 bits per heavy atom. The van der Waals surface area contributed by atoms with Crippen molar-refractivity contribution in [2.45, 2.75) is 12.7 Å². The summed E-state index contributed by atoms with van der Waals surface area (Å²) in [7, 11) is -3.51. The number of aromatic nitrogens is 5. The van der Waals surface area contributed by atoms with Crippen molar-refractivity contribution in [3.05, 3.63) is 60.0 Å². The highest BCUT2D eigenvalue weighted by atomic mass is 32.2. The molecule has 3 aromatic heterocycles. The summed E-state index contributed by atoms with van der Waals surface area (Å²) >= 11 is 0. The van der Waals surface area contributed by atoms with Crippen molar-refractivity contribution in [2.75, 3.05) is 31.1 Å². The standard InChI is InChI=1S/C20H21N7O3S/c1-15-8-9-27(23-15)20-7-6-19(21-22-20)25-10-12-26(13-11-25)31(28,29)14-17-16-4-2-3-5-18(16)30-24-17/h2-9H,10-14H2,1H3. The Balaban J connectivity index is 1.24. The topological polar surface area (TPSA) is 110 Å². The molecule has 0 atom stereocenters. The zero-order valence-electron chi connectivity index (χ0n) is 16.9. The van der Waals surface area contributed by atoms with E-state index in [1.165, 1.54) is 4.31 Å². The van der Waals surface area contributed by atoms with Crippen molar-refractivity contribution in [1.29, 1.82) is 0 Å². The smallest absolute Gasteiger partial charge is 0.220 e. The summed E-state index contributed by atoms with van der Waals surface area (Å²) in [5, 5.41) is 17.5. The van der Waals surface area contributed by atoms with Crippen LogP contribution in [0.4, 0.5) is 5.82 Å². The molecule has 0 aliphatic carbocycles. The monoisotopic (exact) mass is 439 g/mol. The summed E-state index contributed by atoms with van der Waals surface area (Å²) in [6.45, 7) is 3.73. The SMILES string of the molecule is Cc1ccn(-c2ccc(N3CCN(S(=O)(=O)Cc4noc5ccccc45)CC3)nn2)n1. The highest BCUT2D eigenvalue weighted by molar-refractivity contribution is 7.88. The maximum Gasteiger partial charge on any atom is 0.220 e. The summed E-state index contributed by atoms with van der Waals surface area (Å²) in [4.78, 5) is 2.03. The molecule has 1 aromatic carbocycles. The first kappa shape index (κ1) is 19.6. The number of anilines is 1. The number of benzene rings is 1. The molecule has 11 heteroatoms. The first-order valence-electron chi connectivity index (χ1n) is 9.92. The van der Waals surface area contributed by atoms with E-state index >= 15 is 0 Å². The number of nitrogens with zero attached hydrogens (tertiary/aromatic N) is 7. The number of piperazine rings is 1. The van der Waals surface area contributed by atoms with Crippen LogP contribution < -0.4 is 4.90 Å². The van der Waals surface area contributed by atoms with E-state index in [0.717, 1.165) is 11.1 Å². The Labute approximate surface area is 179 Å². The van der Waals surface area contributed by atoms with Crippen LogP contribution in [-0.4, -0.2) is 64.0 Å². The molecule has 0 bridgehead atoms. The van der Waals surface area contributed by atoms with E-state index in [2.05, 4.69) is 20.5 Å². The van der Waals surface area contributed by atoms with E-state index in [-0.39, 0.29) is 5.75 Å². The van der Waals surface area contributed by atoms with Gasteiger partial charge in [0.2, 0.25) is 10.0 Å². The van der Waals surface area contributed by atoms with Gasteiger partial charge in [-0.15, -0.1) is 10.2 Å². The molecule has 5 rings (SSSR count). The molecule has 4 heterocycles. The van der Waals surface area contributed by atoms with Gasteiger partial charge >= 0.3 is 0 Å². The number of hydrogen-bond donors (Lipinski definition) is 0. The average molecular weight is 440 g/mol. The maximum absolute atomic E-state index is 12.9. The highest BCUT2D eigenvalue weighted by Crippen LogP contribution is 2.22. The Kier molecular flexibility index (Phi) is 4.91. The van der Waals surface area contributed by atoms with Gasteiger partial charge < -0.3 is 9.42 Å². The fourth-order valence-electron chi connectivity index (χ4n) is 3.65. The quantitative estimate of drug-likeness (QED) is 0.463. The van der Waals surface area contributed by atoms with Gasteiger partial charge in [0.1, 0.15) is 11.4 Å². The second kappa shape index (κ2) is 7.75. The number of hydrogen-bond acceptors (Lipinski definition) is 8. The molecule has 0 radical (unpaired) electrons. The van der Waals surface area contributed by atoms with Crippen LogP contribution in [0.5, 0.6) is 0 Å². The normalized spacial score (nSPS) is 15.6. The molecule has 31 heavy (non-hydrogen) atoms. The number of sulfonamides is 1. The van der Waals surface area contributed by atoms with E-state index < -0.39 is 10.0 Å². The lowest BCUT2D eigenvalue weighted by Crippen LogP contribution is -2.49. The Morgan fingerprint density at radius 3 is 2.42 bits per heavy atom. The molecule has 1 saturated heterocycles. The minimum absolute atomic E-state index is 0.179. The van der Waals surface area contributed by atoms with Crippen molar-refractivity contribution in [1.82, 2.24) is 29.4 Å². The Hall–Kier alpha value is -3.31. The molecule has 0 spiro atoms. The fraction of sp³-hybridized carbons (Fsp3) is 0.300. The summed E-state index contributed by atoms with van der Waals surface area (Å²) < 4.78 is 34.3. The molecule has 4 aromatic rings. The van der Waals surface area contributed by atoms with Gasteiger partial charge in [0.15, 0.2) is 17.2 Å².